The smallest absolute Gasteiger partial charge is 0.0548 e. The lowest BCUT2D eigenvalue weighted by Crippen LogP contribution is -2.16. The van der Waals surface area contributed by atoms with Gasteiger partial charge in [0, 0.05) is 33.8 Å². The molecule has 2 nitrogen and oxygen atoms in total. The Kier molecular flexibility index (Phi) is 6.58. The molecule has 0 aliphatic carbocycles. The van der Waals surface area contributed by atoms with Crippen LogP contribution in [0.1, 0.15) is 12.0 Å². The van der Waals surface area contributed by atoms with E-state index in [2.05, 4.69) is 21.2 Å². The molecule has 16 heavy (non-hydrogen) atoms. The molecule has 1 aromatic carbocycles. The van der Waals surface area contributed by atoms with Crippen LogP contribution in [0.25, 0.3) is 0 Å². The van der Waals surface area contributed by atoms with Crippen LogP contribution in [-0.2, 0) is 17.3 Å². The summed E-state index contributed by atoms with van der Waals surface area (Å²) in [5, 5.41) is 4.03. The Morgan fingerprint density at radius 1 is 1.50 bits per heavy atom. The normalized spacial score (nSPS) is 12.7. The highest BCUT2D eigenvalue weighted by molar-refractivity contribution is 9.10. The molecule has 1 unspecified atom stereocenters. The average Bonchev–Trinajstić information content (AvgIpc) is 2.22. The number of hydrogen-bond acceptors (Lipinski definition) is 2. The molecular formula is C11H15BrClNOS. The summed E-state index contributed by atoms with van der Waals surface area (Å²) >= 11 is 9.29. The molecule has 0 bridgehead atoms. The maximum atomic E-state index is 10.8. The zero-order chi connectivity index (χ0) is 12.0. The van der Waals surface area contributed by atoms with Crippen LogP contribution in [0.15, 0.2) is 22.7 Å². The molecule has 1 rings (SSSR count). The molecule has 1 N–H and O–H groups in total. The van der Waals surface area contributed by atoms with Gasteiger partial charge in [-0.2, -0.15) is 0 Å². The second-order valence-corrected chi connectivity index (χ2v) is 6.37. The first-order valence-electron chi connectivity index (χ1n) is 5.04. The van der Waals surface area contributed by atoms with Crippen LogP contribution in [0.4, 0.5) is 0 Å². The summed E-state index contributed by atoms with van der Waals surface area (Å²) in [5.41, 5.74) is 1.19. The monoisotopic (exact) mass is 323 g/mol. The molecule has 0 fully saturated rings. The standard InChI is InChI=1S/C11H15BrClNOS/c1-16(15)6-2-5-14-8-9-3-4-11(13)10(12)7-9/h3-4,7,14H,2,5-6,8H2,1H3. The third-order valence-electron chi connectivity index (χ3n) is 2.10. The molecular weight excluding hydrogens is 310 g/mol. The van der Waals surface area contributed by atoms with Gasteiger partial charge in [0.15, 0.2) is 0 Å². The van der Waals surface area contributed by atoms with Gasteiger partial charge in [0.1, 0.15) is 0 Å². The van der Waals surface area contributed by atoms with E-state index in [0.29, 0.717) is 0 Å². The van der Waals surface area contributed by atoms with Gasteiger partial charge in [0.05, 0.1) is 5.02 Å². The van der Waals surface area contributed by atoms with Gasteiger partial charge in [-0.1, -0.05) is 17.7 Å². The minimum Gasteiger partial charge on any atom is -0.313 e. The van der Waals surface area contributed by atoms with Gasteiger partial charge in [-0.05, 0) is 46.6 Å². The van der Waals surface area contributed by atoms with Gasteiger partial charge in [0.2, 0.25) is 0 Å². The zero-order valence-electron chi connectivity index (χ0n) is 9.13. The van der Waals surface area contributed by atoms with Crippen LogP contribution in [-0.4, -0.2) is 22.8 Å². The summed E-state index contributed by atoms with van der Waals surface area (Å²) in [4.78, 5) is 0. The molecule has 90 valence electrons. The summed E-state index contributed by atoms with van der Waals surface area (Å²) in [6.45, 7) is 1.70. The van der Waals surface area contributed by atoms with E-state index < -0.39 is 10.8 Å². The SMILES string of the molecule is CS(=O)CCCNCc1ccc(Cl)c(Br)c1. The first-order valence-corrected chi connectivity index (χ1v) is 7.94. The van der Waals surface area contributed by atoms with Crippen LogP contribution in [0, 0.1) is 0 Å². The molecule has 1 aromatic rings. The quantitative estimate of drug-likeness (QED) is 0.815. The second kappa shape index (κ2) is 7.43. The topological polar surface area (TPSA) is 29.1 Å². The van der Waals surface area contributed by atoms with Crippen molar-refractivity contribution < 1.29 is 4.21 Å². The van der Waals surface area contributed by atoms with Crippen molar-refractivity contribution in [3.05, 3.63) is 33.3 Å². The summed E-state index contributed by atoms with van der Waals surface area (Å²) in [6.07, 6.45) is 2.67. The van der Waals surface area contributed by atoms with Gasteiger partial charge in [0.25, 0.3) is 0 Å². The molecule has 5 heteroatoms. The maximum absolute atomic E-state index is 10.8. The predicted octanol–water partition coefficient (Wildman–Crippen LogP) is 2.96. The van der Waals surface area contributed by atoms with Gasteiger partial charge >= 0.3 is 0 Å². The first-order chi connectivity index (χ1) is 7.59. The minimum atomic E-state index is -0.685. The van der Waals surface area contributed by atoms with Gasteiger partial charge in [-0.15, -0.1) is 0 Å². The summed E-state index contributed by atoms with van der Waals surface area (Å²) < 4.78 is 11.7. The number of nitrogens with one attached hydrogen (secondary N) is 1. The van der Waals surface area contributed by atoms with Gasteiger partial charge in [-0.25, -0.2) is 0 Å². The highest BCUT2D eigenvalue weighted by Crippen LogP contribution is 2.22. The van der Waals surface area contributed by atoms with Crippen molar-refractivity contribution in [2.75, 3.05) is 18.6 Å². The molecule has 0 saturated heterocycles. The van der Waals surface area contributed by atoms with Crippen molar-refractivity contribution in [3.8, 4) is 0 Å². The fourth-order valence-electron chi connectivity index (χ4n) is 1.28. The van der Waals surface area contributed by atoms with Crippen molar-refractivity contribution in [2.45, 2.75) is 13.0 Å². The largest absolute Gasteiger partial charge is 0.313 e. The van der Waals surface area contributed by atoms with Crippen LogP contribution in [0.5, 0.6) is 0 Å². The van der Waals surface area contributed by atoms with E-state index in [1.54, 1.807) is 6.26 Å². The summed E-state index contributed by atoms with van der Waals surface area (Å²) in [6, 6.07) is 5.88. The Hall–Kier alpha value is 0.1000. The van der Waals surface area contributed by atoms with Crippen molar-refractivity contribution in [3.63, 3.8) is 0 Å². The van der Waals surface area contributed by atoms with Gasteiger partial charge < -0.3 is 5.32 Å². The van der Waals surface area contributed by atoms with Crippen molar-refractivity contribution in [1.29, 1.82) is 0 Å². The lowest BCUT2D eigenvalue weighted by molar-refractivity contribution is 0.662. The van der Waals surface area contributed by atoms with Crippen molar-refractivity contribution >= 4 is 38.3 Å². The van der Waals surface area contributed by atoms with Crippen molar-refractivity contribution in [2.24, 2.45) is 0 Å². The Labute approximate surface area is 112 Å². The number of benzene rings is 1. The minimum absolute atomic E-state index is 0.685. The molecule has 0 aromatic heterocycles. The Morgan fingerprint density at radius 2 is 2.25 bits per heavy atom. The summed E-state index contributed by atoms with van der Waals surface area (Å²) in [5.74, 6) is 0.761. The second-order valence-electron chi connectivity index (χ2n) is 3.56. The van der Waals surface area contributed by atoms with E-state index in [1.807, 2.05) is 18.2 Å². The molecule has 0 aliphatic rings. The molecule has 1 atom stereocenters. The molecule has 0 spiro atoms. The number of rotatable bonds is 6. The maximum Gasteiger partial charge on any atom is 0.0548 e. The van der Waals surface area contributed by atoms with Crippen LogP contribution < -0.4 is 5.32 Å². The van der Waals surface area contributed by atoms with Crippen LogP contribution in [0.2, 0.25) is 5.02 Å². The van der Waals surface area contributed by atoms with E-state index in [1.165, 1.54) is 5.56 Å². The molecule has 0 heterocycles. The number of hydrogen-bond donors (Lipinski definition) is 1. The van der Waals surface area contributed by atoms with E-state index in [-0.39, 0.29) is 0 Å². The summed E-state index contributed by atoms with van der Waals surface area (Å²) in [7, 11) is -0.685. The third-order valence-corrected chi connectivity index (χ3v) is 4.18. The lowest BCUT2D eigenvalue weighted by atomic mass is 10.2. The Balaban J connectivity index is 2.27. The van der Waals surface area contributed by atoms with E-state index in [9.17, 15) is 4.21 Å². The predicted molar refractivity (Wildman–Crippen MR) is 74.4 cm³/mol. The van der Waals surface area contributed by atoms with E-state index in [0.717, 1.165) is 34.8 Å². The van der Waals surface area contributed by atoms with Crippen LogP contribution >= 0.6 is 27.5 Å². The zero-order valence-corrected chi connectivity index (χ0v) is 12.3. The van der Waals surface area contributed by atoms with Crippen molar-refractivity contribution in [1.82, 2.24) is 5.32 Å². The Bertz CT molecular complexity index is 373. The highest BCUT2D eigenvalue weighted by atomic mass is 79.9. The first kappa shape index (κ1) is 14.2. The van der Waals surface area contributed by atoms with Gasteiger partial charge in [-0.3, -0.25) is 4.21 Å². The third kappa shape index (κ3) is 5.43. The molecule has 0 aliphatic heterocycles. The lowest BCUT2D eigenvalue weighted by Gasteiger charge is -2.05. The molecule has 0 radical (unpaired) electrons. The Morgan fingerprint density at radius 3 is 2.88 bits per heavy atom. The molecule has 0 amide bonds. The van der Waals surface area contributed by atoms with E-state index in [4.69, 9.17) is 11.6 Å². The van der Waals surface area contributed by atoms with E-state index >= 15 is 0 Å². The fraction of sp³-hybridized carbons (Fsp3) is 0.455. The van der Waals surface area contributed by atoms with Crippen LogP contribution in [0.3, 0.4) is 0 Å². The average molecular weight is 325 g/mol. The fourth-order valence-corrected chi connectivity index (χ4v) is 2.38. The molecule has 0 saturated carbocycles. The highest BCUT2D eigenvalue weighted by Gasteiger charge is 1.98. The number of halogens is 2.